The molecule has 3 rings (SSSR count). The molecule has 1 N–H and O–H groups in total. The molecule has 0 aliphatic rings. The first-order chi connectivity index (χ1) is 9.88. The molecule has 0 unspecified atom stereocenters. The zero-order valence-electron chi connectivity index (χ0n) is 11.1. The summed E-state index contributed by atoms with van der Waals surface area (Å²) in [5.74, 6) is 1.52. The van der Waals surface area contributed by atoms with E-state index in [1.165, 1.54) is 0 Å². The molecule has 0 saturated heterocycles. The van der Waals surface area contributed by atoms with E-state index in [0.29, 0.717) is 5.82 Å². The van der Waals surface area contributed by atoms with Gasteiger partial charge in [0.1, 0.15) is 17.8 Å². The van der Waals surface area contributed by atoms with Crippen molar-refractivity contribution in [1.29, 1.82) is 0 Å². The quantitative estimate of drug-likeness (QED) is 0.783. The van der Waals surface area contributed by atoms with Crippen molar-refractivity contribution in [3.05, 3.63) is 49.1 Å². The summed E-state index contributed by atoms with van der Waals surface area (Å²) in [5, 5.41) is 11.3. The van der Waals surface area contributed by atoms with Gasteiger partial charge in [-0.2, -0.15) is 0 Å². The van der Waals surface area contributed by atoms with Gasteiger partial charge in [0.25, 0.3) is 0 Å². The zero-order valence-corrected chi connectivity index (χ0v) is 11.1. The maximum Gasteiger partial charge on any atom is 0.187 e. The van der Waals surface area contributed by atoms with Crippen molar-refractivity contribution < 1.29 is 0 Å². The van der Waals surface area contributed by atoms with E-state index in [1.807, 2.05) is 41.8 Å². The monoisotopic (exact) mass is 266 g/mol. The van der Waals surface area contributed by atoms with E-state index >= 15 is 0 Å². The van der Waals surface area contributed by atoms with Crippen molar-refractivity contribution in [2.75, 3.05) is 11.9 Å². The van der Waals surface area contributed by atoms with E-state index in [1.54, 1.807) is 18.7 Å². The van der Waals surface area contributed by atoms with Crippen LogP contribution in [0.3, 0.4) is 0 Å². The Labute approximate surface area is 116 Å². The summed E-state index contributed by atoms with van der Waals surface area (Å²) < 4.78 is 1.87. The number of hydrogen-bond acceptors (Lipinski definition) is 5. The Bertz CT molecular complexity index is 692. The lowest BCUT2D eigenvalue weighted by atomic mass is 10.3. The van der Waals surface area contributed by atoms with Crippen LogP contribution in [-0.4, -0.2) is 31.3 Å². The van der Waals surface area contributed by atoms with Crippen LogP contribution in [0.25, 0.3) is 17.2 Å². The van der Waals surface area contributed by atoms with Crippen molar-refractivity contribution in [2.45, 2.75) is 6.92 Å². The van der Waals surface area contributed by atoms with Gasteiger partial charge in [0.15, 0.2) is 5.82 Å². The normalized spacial score (nSPS) is 10.4. The summed E-state index contributed by atoms with van der Waals surface area (Å²) in [6.45, 7) is 2.86. The lowest BCUT2D eigenvalue weighted by Crippen LogP contribution is -2.02. The standard InChI is InChI=1S/C14H14N6/c1-2-16-13-7-3-6-12(18-13)14-19-17-10-20(14)11-5-4-8-15-9-11/h3-10H,2H2,1H3,(H,16,18). The van der Waals surface area contributed by atoms with Crippen LogP contribution in [0.2, 0.25) is 0 Å². The Kier molecular flexibility index (Phi) is 3.36. The van der Waals surface area contributed by atoms with E-state index in [4.69, 9.17) is 0 Å². The third-order valence-corrected chi connectivity index (χ3v) is 2.81. The van der Waals surface area contributed by atoms with Crippen molar-refractivity contribution in [3.8, 4) is 17.2 Å². The summed E-state index contributed by atoms with van der Waals surface area (Å²) in [5.41, 5.74) is 1.67. The van der Waals surface area contributed by atoms with Gasteiger partial charge < -0.3 is 5.32 Å². The van der Waals surface area contributed by atoms with Gasteiger partial charge in [-0.05, 0) is 31.2 Å². The van der Waals surface area contributed by atoms with Gasteiger partial charge in [-0.15, -0.1) is 10.2 Å². The van der Waals surface area contributed by atoms with Crippen LogP contribution in [0, 0.1) is 0 Å². The van der Waals surface area contributed by atoms with Crippen molar-refractivity contribution in [1.82, 2.24) is 24.7 Å². The van der Waals surface area contributed by atoms with E-state index in [-0.39, 0.29) is 0 Å². The molecule has 3 heterocycles. The second-order valence-corrected chi connectivity index (χ2v) is 4.17. The van der Waals surface area contributed by atoms with Gasteiger partial charge in [-0.3, -0.25) is 9.55 Å². The van der Waals surface area contributed by atoms with Gasteiger partial charge >= 0.3 is 0 Å². The average Bonchev–Trinajstić information content (AvgIpc) is 2.98. The minimum atomic E-state index is 0.692. The van der Waals surface area contributed by atoms with Crippen LogP contribution in [0.4, 0.5) is 5.82 Å². The maximum atomic E-state index is 4.54. The van der Waals surface area contributed by atoms with Crippen LogP contribution >= 0.6 is 0 Å². The molecular formula is C14H14N6. The van der Waals surface area contributed by atoms with E-state index < -0.39 is 0 Å². The Morgan fingerprint density at radius 1 is 1.20 bits per heavy atom. The highest BCUT2D eigenvalue weighted by Gasteiger charge is 2.10. The molecule has 0 atom stereocenters. The van der Waals surface area contributed by atoms with Gasteiger partial charge in [0.05, 0.1) is 11.9 Å². The predicted molar refractivity (Wildman–Crippen MR) is 76.5 cm³/mol. The second-order valence-electron chi connectivity index (χ2n) is 4.17. The Balaban J connectivity index is 2.04. The number of aromatic nitrogens is 5. The summed E-state index contributed by atoms with van der Waals surface area (Å²) >= 11 is 0. The lowest BCUT2D eigenvalue weighted by Gasteiger charge is -2.07. The molecule has 0 fully saturated rings. The van der Waals surface area contributed by atoms with Gasteiger partial charge in [-0.1, -0.05) is 6.07 Å². The summed E-state index contributed by atoms with van der Waals surface area (Å²) in [7, 11) is 0. The Morgan fingerprint density at radius 3 is 2.95 bits per heavy atom. The van der Waals surface area contributed by atoms with Crippen molar-refractivity contribution in [3.63, 3.8) is 0 Å². The molecule has 6 nitrogen and oxygen atoms in total. The van der Waals surface area contributed by atoms with Crippen molar-refractivity contribution >= 4 is 5.82 Å². The first-order valence-electron chi connectivity index (χ1n) is 6.40. The van der Waals surface area contributed by atoms with Crippen LogP contribution in [-0.2, 0) is 0 Å². The highest BCUT2D eigenvalue weighted by Crippen LogP contribution is 2.19. The summed E-state index contributed by atoms with van der Waals surface area (Å²) in [6.07, 6.45) is 5.16. The highest BCUT2D eigenvalue weighted by atomic mass is 15.3. The molecule has 0 aliphatic heterocycles. The minimum Gasteiger partial charge on any atom is -0.370 e. The smallest absolute Gasteiger partial charge is 0.187 e. The fourth-order valence-corrected chi connectivity index (χ4v) is 1.93. The number of hydrogen-bond donors (Lipinski definition) is 1. The Morgan fingerprint density at radius 2 is 2.15 bits per heavy atom. The van der Waals surface area contributed by atoms with Crippen LogP contribution < -0.4 is 5.32 Å². The molecule has 3 aromatic rings. The van der Waals surface area contributed by atoms with Crippen LogP contribution in [0.15, 0.2) is 49.1 Å². The lowest BCUT2D eigenvalue weighted by molar-refractivity contribution is 1.03. The van der Waals surface area contributed by atoms with Crippen LogP contribution in [0.5, 0.6) is 0 Å². The predicted octanol–water partition coefficient (Wildman–Crippen LogP) is 2.16. The van der Waals surface area contributed by atoms with Crippen LogP contribution in [0.1, 0.15) is 6.92 Å². The molecule has 0 amide bonds. The molecule has 3 aromatic heterocycles. The molecule has 0 spiro atoms. The van der Waals surface area contributed by atoms with E-state index in [0.717, 1.165) is 23.7 Å². The average molecular weight is 266 g/mol. The second kappa shape index (κ2) is 5.48. The zero-order chi connectivity index (χ0) is 13.8. The number of anilines is 1. The van der Waals surface area contributed by atoms with Gasteiger partial charge in [0.2, 0.25) is 0 Å². The highest BCUT2D eigenvalue weighted by molar-refractivity contribution is 5.56. The number of pyridine rings is 2. The summed E-state index contributed by atoms with van der Waals surface area (Å²) in [4.78, 5) is 8.65. The summed E-state index contributed by atoms with van der Waals surface area (Å²) in [6, 6.07) is 9.62. The van der Waals surface area contributed by atoms with Gasteiger partial charge in [0, 0.05) is 12.7 Å². The molecule has 20 heavy (non-hydrogen) atoms. The fraction of sp³-hybridized carbons (Fsp3) is 0.143. The van der Waals surface area contributed by atoms with E-state index in [9.17, 15) is 0 Å². The van der Waals surface area contributed by atoms with Crippen molar-refractivity contribution in [2.24, 2.45) is 0 Å². The minimum absolute atomic E-state index is 0.692. The molecular weight excluding hydrogens is 252 g/mol. The molecule has 0 radical (unpaired) electrons. The van der Waals surface area contributed by atoms with E-state index in [2.05, 4.69) is 25.5 Å². The molecule has 100 valence electrons. The molecule has 0 saturated carbocycles. The first-order valence-corrected chi connectivity index (χ1v) is 6.40. The third kappa shape index (κ3) is 2.35. The van der Waals surface area contributed by atoms with Gasteiger partial charge in [-0.25, -0.2) is 4.98 Å². The number of nitrogens with one attached hydrogen (secondary N) is 1. The molecule has 0 bridgehead atoms. The number of rotatable bonds is 4. The molecule has 6 heteroatoms. The topological polar surface area (TPSA) is 68.5 Å². The maximum absolute atomic E-state index is 4.54. The first kappa shape index (κ1) is 12.3. The third-order valence-electron chi connectivity index (χ3n) is 2.81. The largest absolute Gasteiger partial charge is 0.370 e. The fourth-order valence-electron chi connectivity index (χ4n) is 1.93. The SMILES string of the molecule is CCNc1cccc(-c2nncn2-c2cccnc2)n1. The Hall–Kier alpha value is -2.76. The molecule has 0 aliphatic carbocycles. The number of nitrogens with zero attached hydrogens (tertiary/aromatic N) is 5. The molecule has 0 aromatic carbocycles.